The third-order valence-electron chi connectivity index (χ3n) is 2.51. The van der Waals surface area contributed by atoms with E-state index < -0.39 is 0 Å². The van der Waals surface area contributed by atoms with Crippen LogP contribution in [0.5, 0.6) is 0 Å². The van der Waals surface area contributed by atoms with E-state index in [1.807, 2.05) is 30.3 Å². The van der Waals surface area contributed by atoms with Gasteiger partial charge in [-0.3, -0.25) is 5.10 Å². The Kier molecular flexibility index (Phi) is 2.75. The molecule has 3 rings (SSSR count). The number of benzene rings is 1. The maximum Gasteiger partial charge on any atom is 0.247 e. The van der Waals surface area contributed by atoms with Crippen LogP contribution in [-0.4, -0.2) is 20.4 Å². The van der Waals surface area contributed by atoms with Crippen LogP contribution in [0.4, 0.5) is 5.69 Å². The van der Waals surface area contributed by atoms with Crippen LogP contribution in [0.3, 0.4) is 0 Å². The summed E-state index contributed by atoms with van der Waals surface area (Å²) in [5.41, 5.74) is 2.90. The van der Waals surface area contributed by atoms with Crippen LogP contribution in [0.25, 0.3) is 11.5 Å². The van der Waals surface area contributed by atoms with Gasteiger partial charge in [-0.25, -0.2) is 0 Å². The van der Waals surface area contributed by atoms with Gasteiger partial charge in [-0.05, 0) is 24.3 Å². The predicted octanol–water partition coefficient (Wildman–Crippen LogP) is 2.07. The number of nitrogens with zero attached hydrogens (tertiary/aromatic N) is 3. The van der Waals surface area contributed by atoms with Gasteiger partial charge in [-0.2, -0.15) is 5.10 Å². The standard InChI is InChI=1S/C12H11N5O/c1-2-9(12-17-15-8-18-12)6-10(3-1)13-7-11-4-5-14-16-11/h1-6,8,13H,7H2,(H,14,16). The molecule has 90 valence electrons. The zero-order valence-corrected chi connectivity index (χ0v) is 9.50. The first-order valence-electron chi connectivity index (χ1n) is 5.50. The van der Waals surface area contributed by atoms with Gasteiger partial charge in [0.2, 0.25) is 12.3 Å². The van der Waals surface area contributed by atoms with Crippen molar-refractivity contribution >= 4 is 5.69 Å². The van der Waals surface area contributed by atoms with Gasteiger partial charge >= 0.3 is 0 Å². The number of rotatable bonds is 4. The van der Waals surface area contributed by atoms with E-state index in [1.165, 1.54) is 6.39 Å². The molecule has 0 atom stereocenters. The number of nitrogens with one attached hydrogen (secondary N) is 2. The fraction of sp³-hybridized carbons (Fsp3) is 0.0833. The quantitative estimate of drug-likeness (QED) is 0.731. The van der Waals surface area contributed by atoms with Crippen LogP contribution < -0.4 is 5.32 Å². The number of aromatic nitrogens is 4. The van der Waals surface area contributed by atoms with Crippen LogP contribution >= 0.6 is 0 Å². The molecule has 0 saturated carbocycles. The van der Waals surface area contributed by atoms with E-state index in [9.17, 15) is 0 Å². The molecule has 2 N–H and O–H groups in total. The van der Waals surface area contributed by atoms with Crippen molar-refractivity contribution in [1.29, 1.82) is 0 Å². The molecule has 0 fully saturated rings. The summed E-state index contributed by atoms with van der Waals surface area (Å²) in [7, 11) is 0. The zero-order chi connectivity index (χ0) is 12.2. The van der Waals surface area contributed by atoms with Gasteiger partial charge in [0.15, 0.2) is 0 Å². The Hall–Kier alpha value is -2.63. The van der Waals surface area contributed by atoms with E-state index in [0.717, 1.165) is 16.9 Å². The monoisotopic (exact) mass is 241 g/mol. The number of aromatic amines is 1. The molecule has 3 aromatic rings. The normalized spacial score (nSPS) is 10.4. The van der Waals surface area contributed by atoms with E-state index in [2.05, 4.69) is 25.7 Å². The molecule has 2 aromatic heterocycles. The molecule has 6 heteroatoms. The summed E-state index contributed by atoms with van der Waals surface area (Å²) in [6.07, 6.45) is 3.05. The van der Waals surface area contributed by atoms with Crippen LogP contribution in [0.15, 0.2) is 47.3 Å². The molecule has 0 aliphatic carbocycles. The number of hydrogen-bond donors (Lipinski definition) is 2. The molecule has 0 aliphatic rings. The fourth-order valence-corrected chi connectivity index (χ4v) is 1.64. The minimum atomic E-state index is 0.514. The molecule has 0 radical (unpaired) electrons. The molecule has 0 saturated heterocycles. The molecule has 1 aromatic carbocycles. The van der Waals surface area contributed by atoms with Crippen molar-refractivity contribution in [3.05, 3.63) is 48.6 Å². The first-order chi connectivity index (χ1) is 8.92. The summed E-state index contributed by atoms with van der Waals surface area (Å²) in [6, 6.07) is 9.73. The topological polar surface area (TPSA) is 79.6 Å². The zero-order valence-electron chi connectivity index (χ0n) is 9.50. The van der Waals surface area contributed by atoms with Crippen LogP contribution in [0.2, 0.25) is 0 Å². The van der Waals surface area contributed by atoms with E-state index in [0.29, 0.717) is 12.4 Å². The summed E-state index contributed by atoms with van der Waals surface area (Å²) < 4.78 is 5.16. The Morgan fingerprint density at radius 2 is 2.28 bits per heavy atom. The lowest BCUT2D eigenvalue weighted by Crippen LogP contribution is -1.99. The third kappa shape index (κ3) is 2.22. The highest BCUT2D eigenvalue weighted by Crippen LogP contribution is 2.20. The maximum atomic E-state index is 5.16. The summed E-state index contributed by atoms with van der Waals surface area (Å²) >= 11 is 0. The first kappa shape index (κ1) is 10.5. The third-order valence-corrected chi connectivity index (χ3v) is 2.51. The van der Waals surface area contributed by atoms with Crippen LogP contribution in [0.1, 0.15) is 5.69 Å². The minimum Gasteiger partial charge on any atom is -0.423 e. The van der Waals surface area contributed by atoms with Crippen LogP contribution in [0, 0.1) is 0 Å². The Morgan fingerprint density at radius 3 is 3.06 bits per heavy atom. The lowest BCUT2D eigenvalue weighted by molar-refractivity contribution is 0.568. The Labute approximate surface area is 103 Å². The molecular formula is C12H11N5O. The van der Waals surface area contributed by atoms with Gasteiger partial charge in [0.05, 0.1) is 12.2 Å². The Balaban J connectivity index is 1.75. The smallest absolute Gasteiger partial charge is 0.247 e. The average Bonchev–Trinajstić information content (AvgIpc) is 3.10. The van der Waals surface area contributed by atoms with Crippen molar-refractivity contribution in [1.82, 2.24) is 20.4 Å². The number of H-pyrrole nitrogens is 1. The van der Waals surface area contributed by atoms with E-state index >= 15 is 0 Å². The lowest BCUT2D eigenvalue weighted by Gasteiger charge is -2.05. The van der Waals surface area contributed by atoms with Crippen molar-refractivity contribution in [2.24, 2.45) is 0 Å². The van der Waals surface area contributed by atoms with Crippen molar-refractivity contribution in [3.8, 4) is 11.5 Å². The second-order valence-corrected chi connectivity index (χ2v) is 3.76. The molecule has 0 spiro atoms. The fourth-order valence-electron chi connectivity index (χ4n) is 1.64. The molecular weight excluding hydrogens is 230 g/mol. The van der Waals surface area contributed by atoms with Gasteiger partial charge in [0, 0.05) is 17.4 Å². The molecule has 2 heterocycles. The van der Waals surface area contributed by atoms with Crippen molar-refractivity contribution in [2.45, 2.75) is 6.54 Å². The van der Waals surface area contributed by atoms with Gasteiger partial charge in [-0.1, -0.05) is 6.07 Å². The summed E-state index contributed by atoms with van der Waals surface area (Å²) in [5, 5.41) is 17.6. The lowest BCUT2D eigenvalue weighted by atomic mass is 10.2. The van der Waals surface area contributed by atoms with Crippen LogP contribution in [-0.2, 0) is 6.54 Å². The van der Waals surface area contributed by atoms with Gasteiger partial charge < -0.3 is 9.73 Å². The predicted molar refractivity (Wildman–Crippen MR) is 65.6 cm³/mol. The summed E-state index contributed by atoms with van der Waals surface area (Å²) in [5.74, 6) is 0.514. The van der Waals surface area contributed by atoms with Gasteiger partial charge in [0.25, 0.3) is 0 Å². The highest BCUT2D eigenvalue weighted by Gasteiger charge is 2.04. The van der Waals surface area contributed by atoms with Crippen molar-refractivity contribution in [2.75, 3.05) is 5.32 Å². The minimum absolute atomic E-state index is 0.514. The van der Waals surface area contributed by atoms with Crippen molar-refractivity contribution in [3.63, 3.8) is 0 Å². The van der Waals surface area contributed by atoms with E-state index in [-0.39, 0.29) is 0 Å². The van der Waals surface area contributed by atoms with Crippen molar-refractivity contribution < 1.29 is 4.42 Å². The molecule has 0 bridgehead atoms. The SMILES string of the molecule is c1cc(NCc2ccn[nH]2)cc(-c2nnco2)c1. The highest BCUT2D eigenvalue weighted by molar-refractivity contribution is 5.60. The summed E-state index contributed by atoms with van der Waals surface area (Å²) in [6.45, 7) is 0.688. The number of hydrogen-bond acceptors (Lipinski definition) is 5. The summed E-state index contributed by atoms with van der Waals surface area (Å²) in [4.78, 5) is 0. The molecule has 0 amide bonds. The molecule has 0 aliphatic heterocycles. The number of anilines is 1. The average molecular weight is 241 g/mol. The van der Waals surface area contributed by atoms with E-state index in [1.54, 1.807) is 6.20 Å². The second-order valence-electron chi connectivity index (χ2n) is 3.76. The van der Waals surface area contributed by atoms with Gasteiger partial charge in [0.1, 0.15) is 0 Å². The molecule has 0 unspecified atom stereocenters. The Morgan fingerprint density at radius 1 is 1.28 bits per heavy atom. The van der Waals surface area contributed by atoms with E-state index in [4.69, 9.17) is 4.42 Å². The Bertz CT molecular complexity index is 603. The molecule has 18 heavy (non-hydrogen) atoms. The second kappa shape index (κ2) is 4.70. The highest BCUT2D eigenvalue weighted by atomic mass is 16.4. The first-order valence-corrected chi connectivity index (χ1v) is 5.50. The van der Waals surface area contributed by atoms with Gasteiger partial charge in [-0.15, -0.1) is 10.2 Å². The largest absolute Gasteiger partial charge is 0.423 e. The molecule has 6 nitrogen and oxygen atoms in total. The maximum absolute atomic E-state index is 5.16.